The average molecular weight is 346 g/mol. The number of nitrogens with two attached hydrogens (primary N) is 1. The molecule has 0 atom stereocenters. The third-order valence-corrected chi connectivity index (χ3v) is 2.48. The first-order valence-corrected chi connectivity index (χ1v) is 5.49. The highest BCUT2D eigenvalue weighted by Crippen LogP contribution is 2.23. The standard InChI is InChI=1S/C8H10F3IN4/c9-8(10,11)4-16(2-1-13)7-6(12)3-14-5-15-7/h3,5H,1-2,4,13H2. The highest BCUT2D eigenvalue weighted by Gasteiger charge is 2.31. The van der Waals surface area contributed by atoms with Gasteiger partial charge in [0.2, 0.25) is 0 Å². The van der Waals surface area contributed by atoms with Crippen LogP contribution in [0.1, 0.15) is 0 Å². The van der Waals surface area contributed by atoms with Crippen molar-refractivity contribution in [2.75, 3.05) is 24.5 Å². The summed E-state index contributed by atoms with van der Waals surface area (Å²) in [6, 6.07) is 0. The predicted octanol–water partition coefficient (Wildman–Crippen LogP) is 1.41. The molecule has 90 valence electrons. The van der Waals surface area contributed by atoms with Crippen molar-refractivity contribution in [2.24, 2.45) is 5.73 Å². The number of hydrogen-bond acceptors (Lipinski definition) is 4. The molecule has 0 spiro atoms. The minimum absolute atomic E-state index is 0.104. The second-order valence-corrected chi connectivity index (χ2v) is 4.18. The third kappa shape index (κ3) is 4.08. The Morgan fingerprint density at radius 3 is 2.62 bits per heavy atom. The van der Waals surface area contributed by atoms with E-state index in [1.54, 1.807) is 0 Å². The molecule has 0 saturated carbocycles. The lowest BCUT2D eigenvalue weighted by Crippen LogP contribution is -2.38. The van der Waals surface area contributed by atoms with E-state index in [0.29, 0.717) is 3.57 Å². The molecule has 0 aromatic carbocycles. The van der Waals surface area contributed by atoms with Gasteiger partial charge in [0.25, 0.3) is 0 Å². The van der Waals surface area contributed by atoms with Crippen molar-refractivity contribution in [1.29, 1.82) is 0 Å². The van der Waals surface area contributed by atoms with E-state index in [2.05, 4.69) is 9.97 Å². The largest absolute Gasteiger partial charge is 0.405 e. The fourth-order valence-electron chi connectivity index (χ4n) is 1.17. The SMILES string of the molecule is NCCN(CC(F)(F)F)c1ncncc1I. The molecule has 0 aliphatic carbocycles. The van der Waals surface area contributed by atoms with Crippen molar-refractivity contribution in [3.8, 4) is 0 Å². The van der Waals surface area contributed by atoms with Gasteiger partial charge in [0.15, 0.2) is 0 Å². The molecule has 1 aromatic rings. The van der Waals surface area contributed by atoms with Gasteiger partial charge in [-0.3, -0.25) is 0 Å². The fraction of sp³-hybridized carbons (Fsp3) is 0.500. The molecule has 0 radical (unpaired) electrons. The molecule has 8 heteroatoms. The summed E-state index contributed by atoms with van der Waals surface area (Å²) < 4.78 is 37.5. The number of halogens is 4. The van der Waals surface area contributed by atoms with Crippen LogP contribution in [-0.2, 0) is 0 Å². The van der Waals surface area contributed by atoms with E-state index in [1.165, 1.54) is 12.5 Å². The van der Waals surface area contributed by atoms with E-state index >= 15 is 0 Å². The first kappa shape index (κ1) is 13.4. The summed E-state index contributed by atoms with van der Waals surface area (Å²) in [4.78, 5) is 8.66. The first-order chi connectivity index (χ1) is 7.44. The zero-order valence-corrected chi connectivity index (χ0v) is 10.4. The van der Waals surface area contributed by atoms with Crippen LogP contribution in [0.25, 0.3) is 0 Å². The highest BCUT2D eigenvalue weighted by atomic mass is 127. The quantitative estimate of drug-likeness (QED) is 0.838. The van der Waals surface area contributed by atoms with Gasteiger partial charge in [0.1, 0.15) is 18.7 Å². The number of rotatable bonds is 4. The molecule has 2 N–H and O–H groups in total. The van der Waals surface area contributed by atoms with Crippen LogP contribution in [0, 0.1) is 3.57 Å². The second kappa shape index (κ2) is 5.62. The fourth-order valence-corrected chi connectivity index (χ4v) is 1.81. The molecule has 16 heavy (non-hydrogen) atoms. The molecule has 0 aliphatic rings. The Morgan fingerprint density at radius 2 is 2.12 bits per heavy atom. The Kier molecular flexibility index (Phi) is 4.71. The molecule has 0 amide bonds. The Hall–Kier alpha value is -0.640. The Balaban J connectivity index is 2.89. The van der Waals surface area contributed by atoms with Crippen molar-refractivity contribution in [1.82, 2.24) is 9.97 Å². The molecular weight excluding hydrogens is 336 g/mol. The van der Waals surface area contributed by atoms with Gasteiger partial charge in [-0.2, -0.15) is 13.2 Å². The summed E-state index contributed by atoms with van der Waals surface area (Å²) in [5, 5.41) is 0. The molecule has 0 saturated heterocycles. The van der Waals surface area contributed by atoms with Gasteiger partial charge in [-0.25, -0.2) is 9.97 Å². The molecule has 0 bridgehead atoms. The smallest absolute Gasteiger partial charge is 0.345 e. The molecule has 1 heterocycles. The summed E-state index contributed by atoms with van der Waals surface area (Å²) in [5.74, 6) is 0.262. The highest BCUT2D eigenvalue weighted by molar-refractivity contribution is 14.1. The Morgan fingerprint density at radius 1 is 1.44 bits per heavy atom. The van der Waals surface area contributed by atoms with E-state index < -0.39 is 12.7 Å². The van der Waals surface area contributed by atoms with Crippen LogP contribution in [0.15, 0.2) is 12.5 Å². The lowest BCUT2D eigenvalue weighted by atomic mass is 10.4. The summed E-state index contributed by atoms with van der Waals surface area (Å²) in [7, 11) is 0. The van der Waals surface area contributed by atoms with Gasteiger partial charge in [0, 0.05) is 19.3 Å². The lowest BCUT2D eigenvalue weighted by Gasteiger charge is -2.24. The number of aromatic nitrogens is 2. The van der Waals surface area contributed by atoms with E-state index in [-0.39, 0.29) is 18.9 Å². The number of nitrogens with zero attached hydrogens (tertiary/aromatic N) is 3. The summed E-state index contributed by atoms with van der Waals surface area (Å²) in [5.41, 5.74) is 5.28. The third-order valence-electron chi connectivity index (χ3n) is 1.72. The van der Waals surface area contributed by atoms with Crippen molar-refractivity contribution in [3.63, 3.8) is 0 Å². The number of alkyl halides is 3. The number of anilines is 1. The maximum Gasteiger partial charge on any atom is 0.405 e. The minimum atomic E-state index is -4.27. The predicted molar refractivity (Wildman–Crippen MR) is 62.1 cm³/mol. The lowest BCUT2D eigenvalue weighted by molar-refractivity contribution is -0.119. The molecule has 0 fully saturated rings. The summed E-state index contributed by atoms with van der Waals surface area (Å²) in [6.45, 7) is -0.820. The molecule has 0 unspecified atom stereocenters. The maximum atomic E-state index is 12.3. The van der Waals surface area contributed by atoms with Crippen molar-refractivity contribution in [3.05, 3.63) is 16.1 Å². The van der Waals surface area contributed by atoms with Gasteiger partial charge in [-0.15, -0.1) is 0 Å². The van der Waals surface area contributed by atoms with Crippen LogP contribution in [0.3, 0.4) is 0 Å². The Labute approximate surface area is 104 Å². The van der Waals surface area contributed by atoms with Crippen LogP contribution in [0.4, 0.5) is 19.0 Å². The summed E-state index contributed by atoms with van der Waals surface area (Å²) >= 11 is 1.89. The number of hydrogen-bond donors (Lipinski definition) is 1. The topological polar surface area (TPSA) is 55.0 Å². The zero-order valence-electron chi connectivity index (χ0n) is 8.21. The van der Waals surface area contributed by atoms with Crippen LogP contribution in [-0.4, -0.2) is 35.8 Å². The van der Waals surface area contributed by atoms with Crippen molar-refractivity contribution < 1.29 is 13.2 Å². The van der Waals surface area contributed by atoms with Crippen LogP contribution in [0.2, 0.25) is 0 Å². The normalized spacial score (nSPS) is 11.6. The molecule has 1 rings (SSSR count). The van der Waals surface area contributed by atoms with Crippen molar-refractivity contribution >= 4 is 28.4 Å². The molecule has 0 aliphatic heterocycles. The zero-order chi connectivity index (χ0) is 12.2. The maximum absolute atomic E-state index is 12.3. The van der Waals surface area contributed by atoms with E-state index in [4.69, 9.17) is 5.73 Å². The van der Waals surface area contributed by atoms with Crippen LogP contribution in [0.5, 0.6) is 0 Å². The molecular formula is C8H10F3IN4. The molecule has 1 aromatic heterocycles. The van der Waals surface area contributed by atoms with Crippen molar-refractivity contribution in [2.45, 2.75) is 6.18 Å². The first-order valence-electron chi connectivity index (χ1n) is 4.41. The van der Waals surface area contributed by atoms with Crippen LogP contribution < -0.4 is 10.6 Å². The van der Waals surface area contributed by atoms with Gasteiger partial charge in [-0.1, -0.05) is 0 Å². The van der Waals surface area contributed by atoms with E-state index in [0.717, 1.165) is 4.90 Å². The van der Waals surface area contributed by atoms with Gasteiger partial charge in [-0.05, 0) is 22.6 Å². The van der Waals surface area contributed by atoms with Gasteiger partial charge in [0.05, 0.1) is 3.57 Å². The Bertz CT molecular complexity index is 344. The second-order valence-electron chi connectivity index (χ2n) is 3.02. The van der Waals surface area contributed by atoms with Gasteiger partial charge >= 0.3 is 6.18 Å². The van der Waals surface area contributed by atoms with E-state index in [9.17, 15) is 13.2 Å². The molecule has 4 nitrogen and oxygen atoms in total. The van der Waals surface area contributed by atoms with Crippen LogP contribution >= 0.6 is 22.6 Å². The summed E-state index contributed by atoms with van der Waals surface area (Å²) in [6.07, 6.45) is -1.59. The van der Waals surface area contributed by atoms with Gasteiger partial charge < -0.3 is 10.6 Å². The average Bonchev–Trinajstić information content (AvgIpc) is 2.16. The monoisotopic (exact) mass is 346 g/mol. The van der Waals surface area contributed by atoms with E-state index in [1.807, 2.05) is 22.6 Å². The minimum Gasteiger partial charge on any atom is -0.345 e.